The highest BCUT2D eigenvalue weighted by atomic mass is 15.2. The zero-order chi connectivity index (χ0) is 14.2. The van der Waals surface area contributed by atoms with E-state index in [1.165, 1.54) is 24.2 Å². The summed E-state index contributed by atoms with van der Waals surface area (Å²) in [7, 11) is 0. The van der Waals surface area contributed by atoms with Crippen LogP contribution in [0.1, 0.15) is 31.2 Å². The Morgan fingerprint density at radius 2 is 2.14 bits per heavy atom. The van der Waals surface area contributed by atoms with Gasteiger partial charge in [-0.2, -0.15) is 9.97 Å². The predicted molar refractivity (Wildman–Crippen MR) is 79.6 cm³/mol. The second-order valence-electron chi connectivity index (χ2n) is 5.22. The summed E-state index contributed by atoms with van der Waals surface area (Å²) in [6, 6.07) is 0. The maximum absolute atomic E-state index is 4.64. The van der Waals surface area contributed by atoms with Crippen LogP contribution in [0.2, 0.25) is 0 Å². The number of imidazole rings is 2. The lowest BCUT2D eigenvalue weighted by atomic mass is 10.0. The molecule has 0 saturated carbocycles. The van der Waals surface area contributed by atoms with Crippen molar-refractivity contribution in [2.45, 2.75) is 32.6 Å². The summed E-state index contributed by atoms with van der Waals surface area (Å²) in [5, 5.41) is 3.16. The van der Waals surface area contributed by atoms with E-state index in [-0.39, 0.29) is 0 Å². The van der Waals surface area contributed by atoms with Gasteiger partial charge in [0, 0.05) is 12.2 Å². The standard InChI is InChI=1S/C14H17N7/c1-2-15-14-19-12-11(16-7-17-12)13(20-14)21-8-18-9-5-3-4-6-10(9)21/h7-8H,2-6H2,1H3,(H2,15,16,17,19,20). The molecule has 0 amide bonds. The van der Waals surface area contributed by atoms with Crippen molar-refractivity contribution in [3.8, 4) is 5.82 Å². The molecule has 3 aromatic rings. The number of aryl methyl sites for hydroxylation is 1. The van der Waals surface area contributed by atoms with Crippen LogP contribution < -0.4 is 5.32 Å². The van der Waals surface area contributed by atoms with Crippen molar-refractivity contribution < 1.29 is 0 Å². The number of nitrogens with zero attached hydrogens (tertiary/aromatic N) is 5. The molecule has 2 N–H and O–H groups in total. The zero-order valence-electron chi connectivity index (χ0n) is 11.9. The lowest BCUT2D eigenvalue weighted by Crippen LogP contribution is -2.10. The van der Waals surface area contributed by atoms with Crippen molar-refractivity contribution in [3.63, 3.8) is 0 Å². The Kier molecular flexibility index (Phi) is 2.83. The summed E-state index contributed by atoms with van der Waals surface area (Å²) in [4.78, 5) is 21.0. The molecule has 7 nitrogen and oxygen atoms in total. The Morgan fingerprint density at radius 3 is 3.05 bits per heavy atom. The Morgan fingerprint density at radius 1 is 1.24 bits per heavy atom. The van der Waals surface area contributed by atoms with Gasteiger partial charge in [-0.05, 0) is 32.6 Å². The molecule has 0 aromatic carbocycles. The monoisotopic (exact) mass is 283 g/mol. The molecule has 0 aliphatic heterocycles. The topological polar surface area (TPSA) is 84.3 Å². The molecule has 7 heteroatoms. The van der Waals surface area contributed by atoms with Gasteiger partial charge in [-0.25, -0.2) is 9.97 Å². The predicted octanol–water partition coefficient (Wildman–Crippen LogP) is 1.85. The quantitative estimate of drug-likeness (QED) is 0.766. The van der Waals surface area contributed by atoms with Crippen LogP contribution in [0.3, 0.4) is 0 Å². The van der Waals surface area contributed by atoms with Crippen molar-refractivity contribution in [2.75, 3.05) is 11.9 Å². The molecule has 0 fully saturated rings. The maximum atomic E-state index is 4.64. The largest absolute Gasteiger partial charge is 0.354 e. The van der Waals surface area contributed by atoms with E-state index in [0.717, 1.165) is 30.7 Å². The van der Waals surface area contributed by atoms with Gasteiger partial charge in [0.15, 0.2) is 11.5 Å². The van der Waals surface area contributed by atoms with E-state index in [1.807, 2.05) is 13.3 Å². The zero-order valence-corrected chi connectivity index (χ0v) is 11.9. The second kappa shape index (κ2) is 4.83. The van der Waals surface area contributed by atoms with Crippen molar-refractivity contribution in [3.05, 3.63) is 24.0 Å². The first-order valence-electron chi connectivity index (χ1n) is 7.37. The third-order valence-electron chi connectivity index (χ3n) is 3.86. The van der Waals surface area contributed by atoms with Crippen LogP contribution in [0.15, 0.2) is 12.7 Å². The van der Waals surface area contributed by atoms with Crippen LogP contribution in [0.5, 0.6) is 0 Å². The minimum Gasteiger partial charge on any atom is -0.354 e. The minimum atomic E-state index is 0.602. The number of fused-ring (bicyclic) bond motifs is 2. The van der Waals surface area contributed by atoms with Gasteiger partial charge in [0.2, 0.25) is 5.95 Å². The van der Waals surface area contributed by atoms with Crippen molar-refractivity contribution in [1.29, 1.82) is 0 Å². The molecule has 3 aromatic heterocycles. The molecular formula is C14H17N7. The number of rotatable bonds is 3. The molecule has 0 saturated heterocycles. The summed E-state index contributed by atoms with van der Waals surface area (Å²) < 4.78 is 2.08. The molecule has 0 atom stereocenters. The Labute approximate surface area is 121 Å². The Bertz CT molecular complexity index is 786. The fourth-order valence-electron chi connectivity index (χ4n) is 2.88. The van der Waals surface area contributed by atoms with E-state index < -0.39 is 0 Å². The highest BCUT2D eigenvalue weighted by molar-refractivity contribution is 5.79. The maximum Gasteiger partial charge on any atom is 0.226 e. The fourth-order valence-corrected chi connectivity index (χ4v) is 2.88. The van der Waals surface area contributed by atoms with Crippen LogP contribution in [-0.2, 0) is 12.8 Å². The number of nitrogens with one attached hydrogen (secondary N) is 2. The first kappa shape index (κ1) is 12.3. The molecule has 0 bridgehead atoms. The lowest BCUT2D eigenvalue weighted by molar-refractivity contribution is 0.654. The van der Waals surface area contributed by atoms with Crippen LogP contribution in [-0.4, -0.2) is 36.0 Å². The molecular weight excluding hydrogens is 266 g/mol. The fraction of sp³-hybridized carbons (Fsp3) is 0.429. The first-order valence-corrected chi connectivity index (χ1v) is 7.37. The van der Waals surface area contributed by atoms with Gasteiger partial charge in [0.25, 0.3) is 0 Å². The van der Waals surface area contributed by atoms with Gasteiger partial charge in [0.05, 0.1) is 12.0 Å². The van der Waals surface area contributed by atoms with E-state index in [0.29, 0.717) is 11.6 Å². The van der Waals surface area contributed by atoms with E-state index in [1.54, 1.807) is 6.33 Å². The summed E-state index contributed by atoms with van der Waals surface area (Å²) in [5.74, 6) is 1.43. The molecule has 1 aliphatic rings. The lowest BCUT2D eigenvalue weighted by Gasteiger charge is -2.14. The highest BCUT2D eigenvalue weighted by Crippen LogP contribution is 2.25. The van der Waals surface area contributed by atoms with E-state index >= 15 is 0 Å². The summed E-state index contributed by atoms with van der Waals surface area (Å²) in [6.45, 7) is 2.80. The number of hydrogen-bond donors (Lipinski definition) is 2. The first-order chi connectivity index (χ1) is 10.4. The van der Waals surface area contributed by atoms with Crippen molar-refractivity contribution in [2.24, 2.45) is 0 Å². The molecule has 0 unspecified atom stereocenters. The van der Waals surface area contributed by atoms with Gasteiger partial charge in [-0.3, -0.25) is 4.57 Å². The van der Waals surface area contributed by atoms with Crippen LogP contribution >= 0.6 is 0 Å². The molecule has 1 aliphatic carbocycles. The summed E-state index contributed by atoms with van der Waals surface area (Å²) in [6.07, 6.45) is 8.05. The van der Waals surface area contributed by atoms with Crippen molar-refractivity contribution in [1.82, 2.24) is 29.5 Å². The highest BCUT2D eigenvalue weighted by Gasteiger charge is 2.19. The number of H-pyrrole nitrogens is 1. The van der Waals surface area contributed by atoms with Gasteiger partial charge < -0.3 is 10.3 Å². The van der Waals surface area contributed by atoms with Gasteiger partial charge in [-0.15, -0.1) is 0 Å². The van der Waals surface area contributed by atoms with Crippen LogP contribution in [0, 0.1) is 0 Å². The van der Waals surface area contributed by atoms with Gasteiger partial charge in [0.1, 0.15) is 11.8 Å². The van der Waals surface area contributed by atoms with Crippen LogP contribution in [0.25, 0.3) is 17.0 Å². The summed E-state index contributed by atoms with van der Waals surface area (Å²) >= 11 is 0. The van der Waals surface area contributed by atoms with Gasteiger partial charge in [-0.1, -0.05) is 0 Å². The van der Waals surface area contributed by atoms with Gasteiger partial charge >= 0.3 is 0 Å². The Hall–Kier alpha value is -2.44. The average Bonchev–Trinajstić information content (AvgIpc) is 3.13. The minimum absolute atomic E-state index is 0.602. The number of aromatic amines is 1. The van der Waals surface area contributed by atoms with E-state index in [4.69, 9.17) is 0 Å². The molecule has 0 spiro atoms. The number of hydrogen-bond acceptors (Lipinski definition) is 5. The molecule has 3 heterocycles. The SMILES string of the molecule is CCNc1nc(-n2cnc3c2CCCC3)c2[nH]cnc2n1. The van der Waals surface area contributed by atoms with Crippen molar-refractivity contribution >= 4 is 17.1 Å². The molecule has 21 heavy (non-hydrogen) atoms. The average molecular weight is 283 g/mol. The smallest absolute Gasteiger partial charge is 0.226 e. The third kappa shape index (κ3) is 1.96. The molecule has 0 radical (unpaired) electrons. The third-order valence-corrected chi connectivity index (χ3v) is 3.86. The molecule has 4 rings (SSSR count). The second-order valence-corrected chi connectivity index (χ2v) is 5.22. The molecule has 108 valence electrons. The van der Waals surface area contributed by atoms with Crippen LogP contribution in [0.4, 0.5) is 5.95 Å². The van der Waals surface area contributed by atoms with E-state index in [9.17, 15) is 0 Å². The van der Waals surface area contributed by atoms with E-state index in [2.05, 4.69) is 34.8 Å². The number of aromatic nitrogens is 6. The number of anilines is 1. The summed E-state index contributed by atoms with van der Waals surface area (Å²) in [5.41, 5.74) is 3.98. The Balaban J connectivity index is 1.92. The normalized spacial score (nSPS) is 14.3.